The van der Waals surface area contributed by atoms with Crippen molar-refractivity contribution in [3.05, 3.63) is 65.5 Å². The van der Waals surface area contributed by atoms with Crippen molar-refractivity contribution in [2.24, 2.45) is 0 Å². The molecule has 0 unspecified atom stereocenters. The van der Waals surface area contributed by atoms with Gasteiger partial charge in [0.05, 0.1) is 0 Å². The summed E-state index contributed by atoms with van der Waals surface area (Å²) in [5.74, 6) is 0.0113. The Balaban J connectivity index is 2.10. The zero-order valence-electron chi connectivity index (χ0n) is 12.8. The number of para-hydroxylation sites is 1. The highest BCUT2D eigenvalue weighted by Crippen LogP contribution is 2.24. The Hall–Kier alpha value is -1.87. The van der Waals surface area contributed by atoms with E-state index in [1.807, 2.05) is 36.4 Å². The summed E-state index contributed by atoms with van der Waals surface area (Å²) >= 11 is 0. The topological polar surface area (TPSA) is 21.3 Å². The van der Waals surface area contributed by atoms with Gasteiger partial charge in [-0.3, -0.25) is 0 Å². The largest absolute Gasteiger partial charge is 0.485 e. The Kier molecular flexibility index (Phi) is 4.97. The maximum atomic E-state index is 14.0. The molecule has 0 aliphatic heterocycles. The molecule has 21 heavy (non-hydrogen) atoms. The lowest BCUT2D eigenvalue weighted by atomic mass is 10.1. The molecule has 0 saturated carbocycles. The summed E-state index contributed by atoms with van der Waals surface area (Å²) in [5, 5.41) is 3.36. The predicted octanol–water partition coefficient (Wildman–Crippen LogP) is 4.29. The summed E-state index contributed by atoms with van der Waals surface area (Å²) in [6.07, 6.45) is 0. The summed E-state index contributed by atoms with van der Waals surface area (Å²) < 4.78 is 19.7. The van der Waals surface area contributed by atoms with Crippen LogP contribution in [0.15, 0.2) is 48.5 Å². The highest BCUT2D eigenvalue weighted by atomic mass is 19.1. The van der Waals surface area contributed by atoms with E-state index in [0.717, 1.165) is 11.1 Å². The second kappa shape index (κ2) is 6.72. The second-order valence-corrected chi connectivity index (χ2v) is 6.11. The van der Waals surface area contributed by atoms with Crippen LogP contribution in [-0.4, -0.2) is 5.54 Å². The van der Waals surface area contributed by atoms with E-state index in [0.29, 0.717) is 18.9 Å². The molecule has 0 bridgehead atoms. The third kappa shape index (κ3) is 4.87. The SMILES string of the molecule is CC(C)(C)NCc1cccc(F)c1OCc1ccccc1. The van der Waals surface area contributed by atoms with Gasteiger partial charge in [0.15, 0.2) is 11.6 Å². The summed E-state index contributed by atoms with van der Waals surface area (Å²) in [4.78, 5) is 0. The standard InChI is InChI=1S/C18H22FNO/c1-18(2,3)20-12-15-10-7-11-16(19)17(15)21-13-14-8-5-4-6-9-14/h4-11,20H,12-13H2,1-3H3. The number of benzene rings is 2. The molecule has 0 atom stereocenters. The first kappa shape index (κ1) is 15.5. The van der Waals surface area contributed by atoms with E-state index in [4.69, 9.17) is 4.74 Å². The summed E-state index contributed by atoms with van der Waals surface area (Å²) in [5.41, 5.74) is 1.83. The monoisotopic (exact) mass is 287 g/mol. The predicted molar refractivity (Wildman–Crippen MR) is 83.8 cm³/mol. The Labute approximate surface area is 126 Å². The minimum absolute atomic E-state index is 0.0248. The number of rotatable bonds is 5. The number of hydrogen-bond donors (Lipinski definition) is 1. The molecule has 3 heteroatoms. The van der Waals surface area contributed by atoms with E-state index < -0.39 is 0 Å². The Bertz CT molecular complexity index is 576. The molecule has 2 rings (SSSR count). The first-order chi connectivity index (χ1) is 9.96. The van der Waals surface area contributed by atoms with Gasteiger partial charge in [0.2, 0.25) is 0 Å². The van der Waals surface area contributed by atoms with Crippen LogP contribution in [0.25, 0.3) is 0 Å². The van der Waals surface area contributed by atoms with E-state index in [1.54, 1.807) is 6.07 Å². The van der Waals surface area contributed by atoms with E-state index in [2.05, 4.69) is 26.1 Å². The fourth-order valence-corrected chi connectivity index (χ4v) is 1.94. The molecule has 0 amide bonds. The lowest BCUT2D eigenvalue weighted by Gasteiger charge is -2.22. The molecule has 0 saturated heterocycles. The Morgan fingerprint density at radius 2 is 1.71 bits per heavy atom. The molecule has 2 aromatic rings. The van der Waals surface area contributed by atoms with Crippen LogP contribution in [0, 0.1) is 5.82 Å². The van der Waals surface area contributed by atoms with Crippen LogP contribution in [0.1, 0.15) is 31.9 Å². The molecular weight excluding hydrogens is 265 g/mol. The molecular formula is C18H22FNO. The second-order valence-electron chi connectivity index (χ2n) is 6.11. The van der Waals surface area contributed by atoms with Crippen LogP contribution in [0.2, 0.25) is 0 Å². The fourth-order valence-electron chi connectivity index (χ4n) is 1.94. The summed E-state index contributed by atoms with van der Waals surface area (Å²) in [7, 11) is 0. The zero-order valence-corrected chi connectivity index (χ0v) is 12.8. The van der Waals surface area contributed by atoms with E-state index in [-0.39, 0.29) is 11.4 Å². The van der Waals surface area contributed by atoms with Crippen molar-refractivity contribution in [2.45, 2.75) is 39.5 Å². The van der Waals surface area contributed by atoms with Gasteiger partial charge in [-0.15, -0.1) is 0 Å². The first-order valence-corrected chi connectivity index (χ1v) is 7.15. The lowest BCUT2D eigenvalue weighted by Crippen LogP contribution is -2.35. The van der Waals surface area contributed by atoms with Crippen molar-refractivity contribution in [3.8, 4) is 5.75 Å². The Morgan fingerprint density at radius 1 is 1.00 bits per heavy atom. The van der Waals surface area contributed by atoms with Crippen molar-refractivity contribution in [3.63, 3.8) is 0 Å². The Morgan fingerprint density at radius 3 is 2.38 bits per heavy atom. The van der Waals surface area contributed by atoms with Gasteiger partial charge in [0.25, 0.3) is 0 Å². The van der Waals surface area contributed by atoms with Crippen LogP contribution in [-0.2, 0) is 13.2 Å². The van der Waals surface area contributed by atoms with Crippen molar-refractivity contribution >= 4 is 0 Å². The number of halogens is 1. The van der Waals surface area contributed by atoms with E-state index in [9.17, 15) is 4.39 Å². The summed E-state index contributed by atoms with van der Waals surface area (Å²) in [6, 6.07) is 14.8. The highest BCUT2D eigenvalue weighted by molar-refractivity contribution is 5.35. The zero-order chi connectivity index (χ0) is 15.3. The average Bonchev–Trinajstić information content (AvgIpc) is 2.44. The van der Waals surface area contributed by atoms with Crippen LogP contribution in [0.3, 0.4) is 0 Å². The normalized spacial score (nSPS) is 11.4. The molecule has 0 spiro atoms. The molecule has 0 aliphatic carbocycles. The molecule has 2 nitrogen and oxygen atoms in total. The van der Waals surface area contributed by atoms with Gasteiger partial charge in [-0.1, -0.05) is 42.5 Å². The molecule has 0 fully saturated rings. The minimum atomic E-state index is -0.320. The van der Waals surface area contributed by atoms with Gasteiger partial charge >= 0.3 is 0 Å². The first-order valence-electron chi connectivity index (χ1n) is 7.15. The van der Waals surface area contributed by atoms with Gasteiger partial charge in [0, 0.05) is 17.6 Å². The van der Waals surface area contributed by atoms with Crippen LogP contribution >= 0.6 is 0 Å². The van der Waals surface area contributed by atoms with Crippen molar-refractivity contribution < 1.29 is 9.13 Å². The van der Waals surface area contributed by atoms with Crippen LogP contribution in [0.4, 0.5) is 4.39 Å². The van der Waals surface area contributed by atoms with Crippen LogP contribution < -0.4 is 10.1 Å². The van der Waals surface area contributed by atoms with Gasteiger partial charge < -0.3 is 10.1 Å². The van der Waals surface area contributed by atoms with Crippen LogP contribution in [0.5, 0.6) is 5.75 Å². The summed E-state index contributed by atoms with van der Waals surface area (Å²) in [6.45, 7) is 7.18. The molecule has 2 aromatic carbocycles. The fraction of sp³-hybridized carbons (Fsp3) is 0.333. The number of nitrogens with one attached hydrogen (secondary N) is 1. The minimum Gasteiger partial charge on any atom is -0.485 e. The quantitative estimate of drug-likeness (QED) is 0.885. The number of ether oxygens (including phenoxy) is 1. The van der Waals surface area contributed by atoms with Gasteiger partial charge in [-0.2, -0.15) is 0 Å². The molecule has 112 valence electrons. The average molecular weight is 287 g/mol. The van der Waals surface area contributed by atoms with Crippen molar-refractivity contribution in [1.29, 1.82) is 0 Å². The molecule has 0 radical (unpaired) electrons. The van der Waals surface area contributed by atoms with Gasteiger partial charge in [-0.25, -0.2) is 4.39 Å². The number of hydrogen-bond acceptors (Lipinski definition) is 2. The van der Waals surface area contributed by atoms with Crippen molar-refractivity contribution in [1.82, 2.24) is 5.32 Å². The van der Waals surface area contributed by atoms with Gasteiger partial charge in [-0.05, 0) is 32.4 Å². The molecule has 0 aromatic heterocycles. The maximum Gasteiger partial charge on any atom is 0.165 e. The smallest absolute Gasteiger partial charge is 0.165 e. The van der Waals surface area contributed by atoms with Crippen molar-refractivity contribution in [2.75, 3.05) is 0 Å². The molecule has 0 aliphatic rings. The molecule has 0 heterocycles. The molecule has 1 N–H and O–H groups in total. The third-order valence-electron chi connectivity index (χ3n) is 3.08. The maximum absolute atomic E-state index is 14.0. The van der Waals surface area contributed by atoms with E-state index in [1.165, 1.54) is 6.07 Å². The van der Waals surface area contributed by atoms with Gasteiger partial charge in [0.1, 0.15) is 6.61 Å². The van der Waals surface area contributed by atoms with E-state index >= 15 is 0 Å². The third-order valence-corrected chi connectivity index (χ3v) is 3.08. The highest BCUT2D eigenvalue weighted by Gasteiger charge is 2.14. The lowest BCUT2D eigenvalue weighted by molar-refractivity contribution is 0.284.